The molecule has 0 bridgehead atoms. The molecule has 5 nitrogen and oxygen atoms in total. The highest BCUT2D eigenvalue weighted by atomic mass is 16.3. The Balaban J connectivity index is 1.90. The molecule has 0 saturated carbocycles. The van der Waals surface area contributed by atoms with E-state index in [0.717, 1.165) is 33.6 Å². The molecule has 4 rings (SSSR count). The fraction of sp³-hybridized carbons (Fsp3) is 0.0625. The number of aromatic nitrogens is 4. The molecule has 102 valence electrons. The van der Waals surface area contributed by atoms with Gasteiger partial charge in [0.15, 0.2) is 17.8 Å². The summed E-state index contributed by atoms with van der Waals surface area (Å²) in [5.74, 6) is 0.837. The second-order valence-electron chi connectivity index (χ2n) is 4.79. The molecule has 0 N–H and O–H groups in total. The van der Waals surface area contributed by atoms with Crippen molar-refractivity contribution < 1.29 is 4.42 Å². The van der Waals surface area contributed by atoms with Crippen molar-refractivity contribution in [1.82, 2.24) is 19.7 Å². The summed E-state index contributed by atoms with van der Waals surface area (Å²) in [6.07, 6.45) is 3.03. The molecule has 0 atom stereocenters. The van der Waals surface area contributed by atoms with Crippen molar-refractivity contribution in [3.8, 4) is 22.5 Å². The van der Waals surface area contributed by atoms with Crippen LogP contribution in [0.2, 0.25) is 0 Å². The molecule has 0 aliphatic heterocycles. The fourth-order valence-electron chi connectivity index (χ4n) is 2.50. The van der Waals surface area contributed by atoms with Crippen LogP contribution in [0.15, 0.2) is 59.6 Å². The molecule has 0 fully saturated rings. The first kappa shape index (κ1) is 11.8. The van der Waals surface area contributed by atoms with Crippen LogP contribution in [-0.4, -0.2) is 19.7 Å². The number of hydrogen-bond donors (Lipinski definition) is 0. The Morgan fingerprint density at radius 1 is 1.00 bits per heavy atom. The highest BCUT2D eigenvalue weighted by Gasteiger charge is 2.10. The Kier molecular flexibility index (Phi) is 2.57. The van der Waals surface area contributed by atoms with Crippen LogP contribution in [0, 0.1) is 0 Å². The van der Waals surface area contributed by atoms with Crippen LogP contribution in [0.4, 0.5) is 0 Å². The van der Waals surface area contributed by atoms with E-state index >= 15 is 0 Å². The molecular weight excluding hydrogens is 264 g/mol. The van der Waals surface area contributed by atoms with Crippen LogP contribution >= 0.6 is 0 Å². The fourth-order valence-corrected chi connectivity index (χ4v) is 2.50. The normalized spacial score (nSPS) is 11.1. The number of nitrogens with zero attached hydrogens (tertiary/aromatic N) is 4. The van der Waals surface area contributed by atoms with Gasteiger partial charge in [-0.3, -0.25) is 0 Å². The Morgan fingerprint density at radius 2 is 1.86 bits per heavy atom. The summed E-state index contributed by atoms with van der Waals surface area (Å²) >= 11 is 0. The minimum atomic E-state index is 0.788. The first-order chi connectivity index (χ1) is 10.3. The quantitative estimate of drug-likeness (QED) is 0.563. The van der Waals surface area contributed by atoms with Crippen molar-refractivity contribution in [2.45, 2.75) is 0 Å². The van der Waals surface area contributed by atoms with Crippen molar-refractivity contribution in [2.24, 2.45) is 7.05 Å². The lowest BCUT2D eigenvalue weighted by Crippen LogP contribution is -1.94. The molecule has 5 heteroatoms. The topological polar surface area (TPSA) is 56.7 Å². The molecular formula is C16H12N4O. The maximum Gasteiger partial charge on any atom is 0.182 e. The van der Waals surface area contributed by atoms with E-state index in [1.54, 1.807) is 11.0 Å². The van der Waals surface area contributed by atoms with Crippen LogP contribution < -0.4 is 0 Å². The lowest BCUT2D eigenvalue weighted by atomic mass is 10.0. The van der Waals surface area contributed by atoms with E-state index in [0.29, 0.717) is 0 Å². The van der Waals surface area contributed by atoms with Gasteiger partial charge in [0, 0.05) is 18.2 Å². The Labute approximate surface area is 120 Å². The van der Waals surface area contributed by atoms with E-state index in [4.69, 9.17) is 4.42 Å². The molecule has 2 aromatic carbocycles. The van der Waals surface area contributed by atoms with Crippen molar-refractivity contribution in [1.29, 1.82) is 0 Å². The zero-order valence-corrected chi connectivity index (χ0v) is 11.4. The minimum absolute atomic E-state index is 0.788. The average Bonchev–Trinajstić information content (AvgIpc) is 3.15. The predicted octanol–water partition coefficient (Wildman–Crippen LogP) is 3.29. The first-order valence-electron chi connectivity index (χ1n) is 6.60. The van der Waals surface area contributed by atoms with E-state index in [2.05, 4.69) is 27.2 Å². The van der Waals surface area contributed by atoms with Crippen LogP contribution in [-0.2, 0) is 7.05 Å². The standard InChI is InChI=1S/C16H12N4O/c1-20-16(17-9-19-20)12-5-2-4-11(8-12)13-6-3-7-14-15(13)18-10-21-14/h2-10H,1H3. The van der Waals surface area contributed by atoms with Gasteiger partial charge in [0.1, 0.15) is 11.8 Å². The monoisotopic (exact) mass is 276 g/mol. The van der Waals surface area contributed by atoms with Gasteiger partial charge < -0.3 is 4.42 Å². The van der Waals surface area contributed by atoms with Gasteiger partial charge in [0.25, 0.3) is 0 Å². The van der Waals surface area contributed by atoms with Gasteiger partial charge in [-0.15, -0.1) is 0 Å². The summed E-state index contributed by atoms with van der Waals surface area (Å²) in [6, 6.07) is 14.1. The van der Waals surface area contributed by atoms with E-state index in [-0.39, 0.29) is 0 Å². The van der Waals surface area contributed by atoms with Gasteiger partial charge in [-0.1, -0.05) is 30.3 Å². The molecule has 4 aromatic rings. The second-order valence-corrected chi connectivity index (χ2v) is 4.79. The number of fused-ring (bicyclic) bond motifs is 1. The molecule has 0 amide bonds. The molecule has 0 unspecified atom stereocenters. The molecule has 0 spiro atoms. The van der Waals surface area contributed by atoms with Gasteiger partial charge >= 0.3 is 0 Å². The minimum Gasteiger partial charge on any atom is -0.443 e. The van der Waals surface area contributed by atoms with Gasteiger partial charge in [-0.05, 0) is 17.7 Å². The summed E-state index contributed by atoms with van der Waals surface area (Å²) in [6.45, 7) is 0. The van der Waals surface area contributed by atoms with Crippen molar-refractivity contribution in [3.63, 3.8) is 0 Å². The predicted molar refractivity (Wildman–Crippen MR) is 79.4 cm³/mol. The number of oxazole rings is 1. The zero-order valence-electron chi connectivity index (χ0n) is 11.4. The third-order valence-electron chi connectivity index (χ3n) is 3.50. The third-order valence-corrected chi connectivity index (χ3v) is 3.50. The zero-order chi connectivity index (χ0) is 14.2. The summed E-state index contributed by atoms with van der Waals surface area (Å²) in [5, 5.41) is 4.12. The Hall–Kier alpha value is -2.95. The number of para-hydroxylation sites is 1. The third kappa shape index (κ3) is 1.90. The molecule has 0 aliphatic rings. The summed E-state index contributed by atoms with van der Waals surface area (Å²) in [5.41, 5.74) is 4.80. The molecule has 0 saturated heterocycles. The second kappa shape index (κ2) is 4.56. The van der Waals surface area contributed by atoms with Gasteiger partial charge in [0.2, 0.25) is 0 Å². The van der Waals surface area contributed by atoms with Crippen LogP contribution in [0.1, 0.15) is 0 Å². The van der Waals surface area contributed by atoms with Gasteiger partial charge in [0.05, 0.1) is 0 Å². The van der Waals surface area contributed by atoms with Crippen LogP contribution in [0.25, 0.3) is 33.6 Å². The number of hydrogen-bond acceptors (Lipinski definition) is 4. The summed E-state index contributed by atoms with van der Waals surface area (Å²) in [4.78, 5) is 8.60. The van der Waals surface area contributed by atoms with Crippen molar-refractivity contribution in [2.75, 3.05) is 0 Å². The first-order valence-corrected chi connectivity index (χ1v) is 6.60. The highest BCUT2D eigenvalue weighted by Crippen LogP contribution is 2.30. The maximum atomic E-state index is 5.36. The average molecular weight is 276 g/mol. The molecule has 2 heterocycles. The highest BCUT2D eigenvalue weighted by molar-refractivity contribution is 5.91. The largest absolute Gasteiger partial charge is 0.443 e. The molecule has 21 heavy (non-hydrogen) atoms. The number of rotatable bonds is 2. The van der Waals surface area contributed by atoms with Gasteiger partial charge in [-0.25, -0.2) is 14.6 Å². The van der Waals surface area contributed by atoms with E-state index < -0.39 is 0 Å². The summed E-state index contributed by atoms with van der Waals surface area (Å²) in [7, 11) is 1.88. The smallest absolute Gasteiger partial charge is 0.182 e. The number of aryl methyl sites for hydroxylation is 1. The Morgan fingerprint density at radius 3 is 2.71 bits per heavy atom. The van der Waals surface area contributed by atoms with E-state index in [1.807, 2.05) is 37.4 Å². The number of benzene rings is 2. The van der Waals surface area contributed by atoms with Crippen molar-refractivity contribution in [3.05, 3.63) is 55.2 Å². The van der Waals surface area contributed by atoms with Gasteiger partial charge in [-0.2, -0.15) is 5.10 Å². The molecule has 0 aliphatic carbocycles. The maximum absolute atomic E-state index is 5.36. The summed E-state index contributed by atoms with van der Waals surface area (Å²) < 4.78 is 7.12. The molecule has 2 aromatic heterocycles. The van der Waals surface area contributed by atoms with Crippen LogP contribution in [0.3, 0.4) is 0 Å². The lowest BCUT2D eigenvalue weighted by Gasteiger charge is -2.05. The van der Waals surface area contributed by atoms with Crippen LogP contribution in [0.5, 0.6) is 0 Å². The van der Waals surface area contributed by atoms with E-state index in [9.17, 15) is 0 Å². The SMILES string of the molecule is Cn1ncnc1-c1cccc(-c2cccc3ocnc23)c1. The van der Waals surface area contributed by atoms with E-state index in [1.165, 1.54) is 6.39 Å². The Bertz CT molecular complexity index is 923. The lowest BCUT2D eigenvalue weighted by molar-refractivity contribution is 0.602. The molecule has 0 radical (unpaired) electrons. The van der Waals surface area contributed by atoms with Crippen molar-refractivity contribution >= 4 is 11.1 Å².